The second-order valence-electron chi connectivity index (χ2n) is 10.6. The van der Waals surface area contributed by atoms with E-state index in [1.54, 1.807) is 0 Å². The van der Waals surface area contributed by atoms with Crippen LogP contribution in [0.3, 0.4) is 0 Å². The maximum atomic E-state index is 8.49. The van der Waals surface area contributed by atoms with E-state index in [9.17, 15) is 0 Å². The molecule has 0 atom stereocenters. The molecule has 2 aromatic carbocycles. The third-order valence-corrected chi connectivity index (χ3v) is 8.25. The Hall–Kier alpha value is -2.00. The van der Waals surface area contributed by atoms with E-state index in [4.69, 9.17) is 18.6 Å². The van der Waals surface area contributed by atoms with Crippen LogP contribution >= 0.6 is 11.3 Å². The summed E-state index contributed by atoms with van der Waals surface area (Å²) in [7, 11) is -4.94. The summed E-state index contributed by atoms with van der Waals surface area (Å²) in [6, 6.07) is 19.2. The van der Waals surface area contributed by atoms with Gasteiger partial charge in [-0.25, -0.2) is 18.6 Å². The Morgan fingerprint density at radius 2 is 1.12 bits per heavy atom. The molecule has 3 rings (SSSR count). The molecule has 0 spiro atoms. The number of nitrogens with one attached hydrogen (secondary N) is 1. The molecule has 6 nitrogen and oxygen atoms in total. The smallest absolute Gasteiger partial charge is 0.264 e. The van der Waals surface area contributed by atoms with Gasteiger partial charge in [0.1, 0.15) is 4.70 Å². The molecule has 0 unspecified atom stereocenters. The number of aryl methyl sites for hydroxylation is 1. The largest absolute Gasteiger partial charge is 0.361 e. The van der Waals surface area contributed by atoms with Crippen molar-refractivity contribution in [3.63, 3.8) is 0 Å². The summed E-state index contributed by atoms with van der Waals surface area (Å²) in [5, 5.41) is 4.72. The van der Waals surface area contributed by atoms with E-state index in [-0.39, 0.29) is 0 Å². The number of aromatic nitrogens is 1. The van der Waals surface area contributed by atoms with Gasteiger partial charge in [0.2, 0.25) is 5.52 Å². The third kappa shape index (κ3) is 17.5. The highest BCUT2D eigenvalue weighted by molar-refractivity contribution is 7.18. The highest BCUT2D eigenvalue weighted by Gasteiger charge is 2.17. The number of unbranched alkanes of at least 4 members (excludes halogenated alkanes) is 15. The number of benzene rings is 2. The van der Waals surface area contributed by atoms with Crippen molar-refractivity contribution < 1.29 is 33.4 Å². The first kappa shape index (κ1) is 35.2. The zero-order chi connectivity index (χ0) is 29.6. The number of nitrogens with zero attached hydrogens (tertiary/aromatic N) is 1. The zero-order valence-corrected chi connectivity index (χ0v) is 26.3. The first-order valence-electron chi connectivity index (χ1n) is 15.4. The number of halogens is 1. The third-order valence-electron chi connectivity index (χ3n) is 7.12. The summed E-state index contributed by atoms with van der Waals surface area (Å²) in [6.07, 6.45) is 26.9. The van der Waals surface area contributed by atoms with Gasteiger partial charge in [-0.2, -0.15) is 4.57 Å². The monoisotopic (exact) mass is 604 g/mol. The summed E-state index contributed by atoms with van der Waals surface area (Å²) in [6.45, 7) is 3.40. The van der Waals surface area contributed by atoms with Crippen LogP contribution in [0.4, 0.5) is 5.69 Å². The number of hydrogen-bond donors (Lipinski definition) is 1. The second-order valence-corrected chi connectivity index (χ2v) is 12.4. The average Bonchev–Trinajstić information content (AvgIpc) is 3.29. The molecule has 3 aromatic rings. The molecule has 0 fully saturated rings. The maximum absolute atomic E-state index is 8.49. The van der Waals surface area contributed by atoms with Gasteiger partial charge in [0.25, 0.3) is 5.01 Å². The first-order valence-corrected chi connectivity index (χ1v) is 17.4. The van der Waals surface area contributed by atoms with Crippen molar-refractivity contribution >= 4 is 33.3 Å². The minimum Gasteiger partial charge on any atom is -0.361 e. The Kier molecular flexibility index (Phi) is 18.6. The molecule has 0 aliphatic heterocycles. The molecule has 0 bridgehead atoms. The van der Waals surface area contributed by atoms with Crippen molar-refractivity contribution in [3.05, 3.63) is 65.8 Å². The van der Waals surface area contributed by atoms with Crippen molar-refractivity contribution in [2.24, 2.45) is 0 Å². The Bertz CT molecular complexity index is 1080. The Morgan fingerprint density at radius 1 is 0.659 bits per heavy atom. The highest BCUT2D eigenvalue weighted by atomic mass is 35.7. The van der Waals surface area contributed by atoms with Crippen molar-refractivity contribution in [1.29, 1.82) is 0 Å². The standard InChI is InChI=1S/C33H48N2S.ClHO4/c1-2-3-4-5-6-7-8-9-10-11-12-13-14-15-16-22-29-35-31-25-20-21-26-32(31)36-33(35)27-28-34-30-23-18-17-19-24-30;2-1(3,4)5/h17-21,23-28H,2-16,22,29H2,1H3;(H,2,3,4,5). The number of rotatable bonds is 20. The van der Waals surface area contributed by atoms with Gasteiger partial charge in [0.15, 0.2) is 6.54 Å². The summed E-state index contributed by atoms with van der Waals surface area (Å²) < 4.78 is 37.8. The molecule has 0 aliphatic rings. The van der Waals surface area contributed by atoms with Crippen LogP contribution in [0.25, 0.3) is 16.3 Å². The van der Waals surface area contributed by atoms with E-state index in [2.05, 4.69) is 77.6 Å². The zero-order valence-electron chi connectivity index (χ0n) is 24.7. The Balaban J connectivity index is 0.00000108. The molecule has 1 aromatic heterocycles. The maximum Gasteiger partial charge on any atom is 0.264 e. The van der Waals surface area contributed by atoms with Crippen LogP contribution in [-0.4, -0.2) is 0 Å². The highest BCUT2D eigenvalue weighted by Crippen LogP contribution is 2.22. The van der Waals surface area contributed by atoms with Crippen LogP contribution in [0, 0.1) is 10.2 Å². The summed E-state index contributed by atoms with van der Waals surface area (Å²) in [5.41, 5.74) is 2.49. The van der Waals surface area contributed by atoms with E-state index in [1.165, 1.54) is 118 Å². The predicted octanol–water partition coefficient (Wildman–Crippen LogP) is 5.78. The second kappa shape index (κ2) is 21.7. The fraction of sp³-hybridized carbons (Fsp3) is 0.545. The average molecular weight is 605 g/mol. The molecule has 41 heavy (non-hydrogen) atoms. The fourth-order valence-corrected chi connectivity index (χ4v) is 6.06. The van der Waals surface area contributed by atoms with E-state index in [0.717, 1.165) is 12.2 Å². The lowest BCUT2D eigenvalue weighted by Gasteiger charge is -2.17. The van der Waals surface area contributed by atoms with Gasteiger partial charge in [-0.15, -0.1) is 10.2 Å². The lowest BCUT2D eigenvalue weighted by atomic mass is 10.0. The van der Waals surface area contributed by atoms with Gasteiger partial charge in [-0.3, -0.25) is 0 Å². The lowest BCUT2D eigenvalue weighted by Crippen LogP contribution is -2.68. The van der Waals surface area contributed by atoms with Gasteiger partial charge in [-0.1, -0.05) is 138 Å². The molecule has 0 amide bonds. The molecule has 1 heterocycles. The van der Waals surface area contributed by atoms with Gasteiger partial charge in [0, 0.05) is 30.5 Å². The van der Waals surface area contributed by atoms with Gasteiger partial charge in [-0.05, 0) is 24.6 Å². The molecule has 0 saturated heterocycles. The summed E-state index contributed by atoms with van der Waals surface area (Å²) in [5.74, 6) is 0. The van der Waals surface area contributed by atoms with Gasteiger partial charge >= 0.3 is 0 Å². The number of fused-ring (bicyclic) bond motifs is 1. The first-order chi connectivity index (χ1) is 19.9. The minimum absolute atomic E-state index is 1.10. The SMILES string of the molecule is CCCCCCCCCCCCCCCCCC[n+]1c(/C=C/Nc2ccccc2)sc2ccccc21.[O-][Cl+3]([O-])([O-])[O-]. The number of thiazole rings is 1. The van der Waals surface area contributed by atoms with Crippen LogP contribution in [0.2, 0.25) is 0 Å². The topological polar surface area (TPSA) is 108 Å². The van der Waals surface area contributed by atoms with Crippen LogP contribution in [0.15, 0.2) is 60.8 Å². The van der Waals surface area contributed by atoms with Crippen molar-refractivity contribution in [1.82, 2.24) is 0 Å². The molecular formula is C33H49ClN2O4S. The lowest BCUT2D eigenvalue weighted by molar-refractivity contribution is -2.00. The van der Waals surface area contributed by atoms with E-state index >= 15 is 0 Å². The van der Waals surface area contributed by atoms with Gasteiger partial charge in [0.05, 0.1) is 0 Å². The van der Waals surface area contributed by atoms with Crippen LogP contribution in [0.1, 0.15) is 115 Å². The number of hydrogen-bond acceptors (Lipinski definition) is 6. The van der Waals surface area contributed by atoms with Crippen molar-refractivity contribution in [2.75, 3.05) is 5.32 Å². The van der Waals surface area contributed by atoms with E-state index in [1.807, 2.05) is 17.4 Å². The summed E-state index contributed by atoms with van der Waals surface area (Å²) in [4.78, 5) is 0. The Labute approximate surface area is 253 Å². The van der Waals surface area contributed by atoms with Crippen molar-refractivity contribution in [3.8, 4) is 0 Å². The van der Waals surface area contributed by atoms with E-state index in [0.29, 0.717) is 0 Å². The molecule has 1 N–H and O–H groups in total. The minimum atomic E-state index is -4.94. The van der Waals surface area contributed by atoms with Gasteiger partial charge < -0.3 is 5.32 Å². The predicted molar refractivity (Wildman–Crippen MR) is 161 cm³/mol. The summed E-state index contributed by atoms with van der Waals surface area (Å²) >= 11 is 1.88. The van der Waals surface area contributed by atoms with Crippen LogP contribution in [0.5, 0.6) is 0 Å². The quantitative estimate of drug-likeness (QED) is 0.130. The Morgan fingerprint density at radius 3 is 1.66 bits per heavy atom. The molecule has 0 radical (unpaired) electrons. The molecule has 0 saturated carbocycles. The number of para-hydroxylation sites is 2. The molecular weight excluding hydrogens is 556 g/mol. The molecule has 0 aliphatic carbocycles. The fourth-order valence-electron chi connectivity index (χ4n) is 4.97. The van der Waals surface area contributed by atoms with Crippen LogP contribution in [-0.2, 0) is 6.54 Å². The van der Waals surface area contributed by atoms with E-state index < -0.39 is 10.2 Å². The number of anilines is 1. The molecule has 228 valence electrons. The normalized spacial score (nSPS) is 11.6. The van der Waals surface area contributed by atoms with Crippen molar-refractivity contribution in [2.45, 2.75) is 116 Å². The van der Waals surface area contributed by atoms with Crippen LogP contribution < -0.4 is 28.5 Å². The molecule has 8 heteroatoms.